The molecule has 11 heavy (non-hydrogen) atoms. The summed E-state index contributed by atoms with van der Waals surface area (Å²) in [6.07, 6.45) is 1.31. The van der Waals surface area contributed by atoms with Crippen LogP contribution in [0, 0.1) is 0 Å². The van der Waals surface area contributed by atoms with Gasteiger partial charge in [-0.3, -0.25) is 0 Å². The lowest BCUT2D eigenvalue weighted by molar-refractivity contribution is 0.300. The number of benzene rings is 1. The normalized spacial score (nSPS) is 11.6. The van der Waals surface area contributed by atoms with Crippen LogP contribution in [-0.2, 0) is 0 Å². The van der Waals surface area contributed by atoms with Gasteiger partial charge in [0.2, 0.25) is 0 Å². The van der Waals surface area contributed by atoms with E-state index < -0.39 is 12.4 Å². The molecule has 0 aromatic heterocycles. The highest BCUT2D eigenvalue weighted by Crippen LogP contribution is 2.05. The minimum atomic E-state index is -0.533. The van der Waals surface area contributed by atoms with E-state index in [9.17, 15) is 4.39 Å². The molecule has 0 spiro atoms. The number of hydrogen-bond donors (Lipinski definition) is 1. The number of aliphatic hydroxyl groups excluding tert-OH is 1. The fraction of sp³-hybridized carbons (Fsp3) is 0.111. The lowest BCUT2D eigenvalue weighted by Crippen LogP contribution is -1.81. The van der Waals surface area contributed by atoms with Gasteiger partial charge in [-0.1, -0.05) is 30.3 Å². The SMILES string of the molecule is OC/C(F)=C\c1ccccc1. The van der Waals surface area contributed by atoms with Gasteiger partial charge in [-0.05, 0) is 11.6 Å². The first-order valence-corrected chi connectivity index (χ1v) is 3.35. The van der Waals surface area contributed by atoms with Crippen LogP contribution in [0.2, 0.25) is 0 Å². The fourth-order valence-electron chi connectivity index (χ4n) is 0.776. The summed E-state index contributed by atoms with van der Waals surface area (Å²) in [5.74, 6) is -0.517. The zero-order valence-electron chi connectivity index (χ0n) is 6.00. The molecule has 0 heterocycles. The van der Waals surface area contributed by atoms with Gasteiger partial charge in [-0.25, -0.2) is 4.39 Å². The van der Waals surface area contributed by atoms with Crippen LogP contribution < -0.4 is 0 Å². The quantitative estimate of drug-likeness (QED) is 0.687. The Bertz CT molecular complexity index is 241. The van der Waals surface area contributed by atoms with E-state index in [1.165, 1.54) is 6.08 Å². The second-order valence-corrected chi connectivity index (χ2v) is 2.16. The van der Waals surface area contributed by atoms with Crippen molar-refractivity contribution in [2.24, 2.45) is 0 Å². The molecule has 0 bridgehead atoms. The molecule has 0 amide bonds. The summed E-state index contributed by atoms with van der Waals surface area (Å²) in [4.78, 5) is 0. The first-order chi connectivity index (χ1) is 5.33. The Balaban J connectivity index is 2.79. The van der Waals surface area contributed by atoms with Crippen molar-refractivity contribution < 1.29 is 9.50 Å². The Morgan fingerprint density at radius 1 is 1.36 bits per heavy atom. The third-order valence-electron chi connectivity index (χ3n) is 1.27. The highest BCUT2D eigenvalue weighted by atomic mass is 19.1. The molecule has 0 aliphatic carbocycles. The molecule has 0 saturated heterocycles. The molecule has 1 aromatic carbocycles. The molecular weight excluding hydrogens is 143 g/mol. The van der Waals surface area contributed by atoms with Crippen molar-refractivity contribution in [2.45, 2.75) is 0 Å². The molecule has 0 fully saturated rings. The standard InChI is InChI=1S/C9H9FO/c10-9(7-11)6-8-4-2-1-3-5-8/h1-6,11H,7H2/b9-6+. The average Bonchev–Trinajstić information content (AvgIpc) is 2.06. The summed E-state index contributed by atoms with van der Waals surface area (Å²) in [7, 11) is 0. The van der Waals surface area contributed by atoms with E-state index in [-0.39, 0.29) is 0 Å². The zero-order valence-corrected chi connectivity index (χ0v) is 6.00. The van der Waals surface area contributed by atoms with Crippen LogP contribution >= 0.6 is 0 Å². The molecule has 1 aromatic rings. The molecule has 0 aliphatic heterocycles. The molecule has 1 N–H and O–H groups in total. The Morgan fingerprint density at radius 2 is 2.00 bits per heavy atom. The Hall–Kier alpha value is -1.15. The molecule has 0 atom stereocenters. The first kappa shape index (κ1) is 7.95. The topological polar surface area (TPSA) is 20.2 Å². The van der Waals surface area contributed by atoms with Crippen molar-refractivity contribution >= 4 is 6.08 Å². The Kier molecular flexibility index (Phi) is 2.81. The van der Waals surface area contributed by atoms with Crippen LogP contribution in [-0.4, -0.2) is 11.7 Å². The van der Waals surface area contributed by atoms with Gasteiger partial charge in [0.15, 0.2) is 0 Å². The van der Waals surface area contributed by atoms with E-state index in [2.05, 4.69) is 0 Å². The lowest BCUT2D eigenvalue weighted by atomic mass is 10.2. The van der Waals surface area contributed by atoms with Gasteiger partial charge >= 0.3 is 0 Å². The predicted octanol–water partition coefficient (Wildman–Crippen LogP) is 1.99. The number of halogens is 1. The molecular formula is C9H9FO. The van der Waals surface area contributed by atoms with Gasteiger partial charge in [0.25, 0.3) is 0 Å². The maximum absolute atomic E-state index is 12.4. The molecule has 0 saturated carbocycles. The van der Waals surface area contributed by atoms with Gasteiger partial charge in [-0.15, -0.1) is 0 Å². The number of hydrogen-bond acceptors (Lipinski definition) is 1. The van der Waals surface area contributed by atoms with Gasteiger partial charge in [0, 0.05) is 0 Å². The van der Waals surface area contributed by atoms with Crippen molar-refractivity contribution in [3.8, 4) is 0 Å². The summed E-state index contributed by atoms with van der Waals surface area (Å²) >= 11 is 0. The van der Waals surface area contributed by atoms with Gasteiger partial charge < -0.3 is 5.11 Å². The minimum Gasteiger partial charge on any atom is -0.389 e. The molecule has 2 heteroatoms. The zero-order chi connectivity index (χ0) is 8.10. The smallest absolute Gasteiger partial charge is 0.126 e. The van der Waals surface area contributed by atoms with Crippen molar-refractivity contribution in [1.82, 2.24) is 0 Å². The molecule has 58 valence electrons. The van der Waals surface area contributed by atoms with E-state index in [4.69, 9.17) is 5.11 Å². The van der Waals surface area contributed by atoms with E-state index >= 15 is 0 Å². The highest BCUT2D eigenvalue weighted by molar-refractivity contribution is 5.50. The third kappa shape index (κ3) is 2.51. The summed E-state index contributed by atoms with van der Waals surface area (Å²) in [5, 5.41) is 8.35. The Labute approximate surface area is 64.8 Å². The summed E-state index contributed by atoms with van der Waals surface area (Å²) < 4.78 is 12.4. The summed E-state index contributed by atoms with van der Waals surface area (Å²) in [6, 6.07) is 9.03. The van der Waals surface area contributed by atoms with Crippen molar-refractivity contribution in [3.05, 3.63) is 41.7 Å². The van der Waals surface area contributed by atoms with Crippen molar-refractivity contribution in [2.75, 3.05) is 6.61 Å². The lowest BCUT2D eigenvalue weighted by Gasteiger charge is -1.91. The first-order valence-electron chi connectivity index (χ1n) is 3.35. The number of aliphatic hydroxyl groups is 1. The monoisotopic (exact) mass is 152 g/mol. The van der Waals surface area contributed by atoms with Gasteiger partial charge in [0.1, 0.15) is 5.83 Å². The predicted molar refractivity (Wildman–Crippen MR) is 42.6 cm³/mol. The number of rotatable bonds is 2. The van der Waals surface area contributed by atoms with Crippen LogP contribution in [0.1, 0.15) is 5.56 Å². The second-order valence-electron chi connectivity index (χ2n) is 2.16. The van der Waals surface area contributed by atoms with E-state index in [1.807, 2.05) is 18.2 Å². The van der Waals surface area contributed by atoms with Crippen LogP contribution in [0.5, 0.6) is 0 Å². The maximum atomic E-state index is 12.4. The average molecular weight is 152 g/mol. The fourth-order valence-corrected chi connectivity index (χ4v) is 0.776. The molecule has 1 nitrogen and oxygen atoms in total. The van der Waals surface area contributed by atoms with E-state index in [0.717, 1.165) is 5.56 Å². The maximum Gasteiger partial charge on any atom is 0.126 e. The second kappa shape index (κ2) is 3.88. The van der Waals surface area contributed by atoms with Crippen molar-refractivity contribution in [1.29, 1.82) is 0 Å². The minimum absolute atomic E-state index is 0.517. The molecule has 0 unspecified atom stereocenters. The van der Waals surface area contributed by atoms with Gasteiger partial charge in [-0.2, -0.15) is 0 Å². The van der Waals surface area contributed by atoms with E-state index in [1.54, 1.807) is 12.1 Å². The highest BCUT2D eigenvalue weighted by Gasteiger charge is 1.90. The summed E-state index contributed by atoms with van der Waals surface area (Å²) in [5.41, 5.74) is 0.763. The molecule has 0 radical (unpaired) electrons. The van der Waals surface area contributed by atoms with Crippen LogP contribution in [0.4, 0.5) is 4.39 Å². The third-order valence-corrected chi connectivity index (χ3v) is 1.27. The largest absolute Gasteiger partial charge is 0.389 e. The van der Waals surface area contributed by atoms with Crippen molar-refractivity contribution in [3.63, 3.8) is 0 Å². The van der Waals surface area contributed by atoms with Crippen LogP contribution in [0.25, 0.3) is 6.08 Å². The molecule has 1 rings (SSSR count). The van der Waals surface area contributed by atoms with Crippen LogP contribution in [0.15, 0.2) is 36.2 Å². The Morgan fingerprint density at radius 3 is 2.55 bits per heavy atom. The van der Waals surface area contributed by atoms with Gasteiger partial charge in [0.05, 0.1) is 6.61 Å². The van der Waals surface area contributed by atoms with Crippen LogP contribution in [0.3, 0.4) is 0 Å². The van der Waals surface area contributed by atoms with E-state index in [0.29, 0.717) is 0 Å². The molecule has 0 aliphatic rings. The summed E-state index contributed by atoms with van der Waals surface area (Å²) in [6.45, 7) is -0.533.